The minimum Gasteiger partial charge on any atom is -0.455 e. The molecular weight excluding hydrogens is 598 g/mol. The lowest BCUT2D eigenvalue weighted by Crippen LogP contribution is -2.56. The summed E-state index contributed by atoms with van der Waals surface area (Å²) in [5.41, 5.74) is -0.117. The molecule has 8 atom stereocenters. The second-order valence-electron chi connectivity index (χ2n) is 12.8. The molecule has 1 spiro atoms. The fraction of sp³-hybridized carbons (Fsp3) is 0.459. The van der Waals surface area contributed by atoms with Crippen LogP contribution in [0.5, 0.6) is 0 Å². The molecule has 3 amide bonds. The lowest BCUT2D eigenvalue weighted by atomic mass is 9.77. The Morgan fingerprint density at radius 1 is 1.00 bits per heavy atom. The van der Waals surface area contributed by atoms with Gasteiger partial charge in [0.2, 0.25) is 17.7 Å². The Morgan fingerprint density at radius 3 is 2.43 bits per heavy atom. The Balaban J connectivity index is 1.47. The third-order valence-corrected chi connectivity index (χ3v) is 9.84. The summed E-state index contributed by atoms with van der Waals surface area (Å²) in [5.74, 6) is -3.74. The lowest BCUT2D eigenvalue weighted by molar-refractivity contribution is -0.162. The Hall–Kier alpha value is -4.28. The third kappa shape index (κ3) is 6.00. The highest BCUT2D eigenvalue weighted by molar-refractivity contribution is 5.99. The van der Waals surface area contributed by atoms with Gasteiger partial charge in [0.05, 0.1) is 30.7 Å². The second kappa shape index (κ2) is 13.8. The molecule has 2 fully saturated rings. The second-order valence-corrected chi connectivity index (χ2v) is 12.8. The van der Waals surface area contributed by atoms with Gasteiger partial charge in [0.15, 0.2) is 0 Å². The molecule has 0 aromatic heterocycles. The van der Waals surface area contributed by atoms with Crippen LogP contribution >= 0.6 is 0 Å². The highest BCUT2D eigenvalue weighted by atomic mass is 16.6. The van der Waals surface area contributed by atoms with Crippen LogP contribution in [0.2, 0.25) is 0 Å². The van der Waals surface area contributed by atoms with Gasteiger partial charge >= 0.3 is 5.97 Å². The number of allylic oxidation sites excluding steroid dienone is 1. The minimum absolute atomic E-state index is 0.176. The summed E-state index contributed by atoms with van der Waals surface area (Å²) < 4.78 is 13.1. The Morgan fingerprint density at radius 2 is 1.72 bits per heavy atom. The normalized spacial score (nSPS) is 32.2. The van der Waals surface area contributed by atoms with Gasteiger partial charge in [-0.15, -0.1) is 0 Å². The summed E-state index contributed by atoms with van der Waals surface area (Å²) in [6, 6.07) is 15.8. The average Bonchev–Trinajstić information content (AvgIpc) is 3.47. The smallest absolute Gasteiger partial charge is 0.313 e. The summed E-state index contributed by atoms with van der Waals surface area (Å²) in [6.07, 6.45) is 7.72. The Labute approximate surface area is 275 Å². The molecule has 248 valence electrons. The van der Waals surface area contributed by atoms with E-state index in [1.165, 1.54) is 4.90 Å². The molecule has 0 aliphatic carbocycles. The molecule has 10 heteroatoms. The molecule has 2 saturated heterocycles. The summed E-state index contributed by atoms with van der Waals surface area (Å²) >= 11 is 0. The molecule has 4 aliphatic heterocycles. The summed E-state index contributed by atoms with van der Waals surface area (Å²) in [6.45, 7) is 4.25. The molecule has 4 heterocycles. The van der Waals surface area contributed by atoms with Gasteiger partial charge in [-0.05, 0) is 30.9 Å². The number of cyclic esters (lactones) is 1. The van der Waals surface area contributed by atoms with Crippen LogP contribution in [-0.2, 0) is 28.7 Å². The van der Waals surface area contributed by atoms with Crippen LogP contribution < -0.4 is 5.32 Å². The maximum Gasteiger partial charge on any atom is 0.313 e. The van der Waals surface area contributed by atoms with Crippen molar-refractivity contribution >= 4 is 23.7 Å². The first kappa shape index (κ1) is 32.7. The molecule has 0 saturated carbocycles. The zero-order chi connectivity index (χ0) is 33.1. The standard InChI is InChI=1S/C37H43N3O7/c1-3-4-21-39-22-13-20-37-31(34(43)40(33(37)35(39)44)27(23-41)25-14-7-5-8-15-25)30-28(47-37)18-11-12-19-29(42)38-24(2)32(46-36(30)45)26-16-9-6-10-17-26/h5-11,13-18,20,24,27-28,30-33,41H,3-4,12,19,21-23H2,1-2H3,(H,38,42)/b18-11-/t24-,27+,28-,30+,31+,32+,33-,37+/m0/s1. The average molecular weight is 642 g/mol. The molecule has 2 aromatic rings. The van der Waals surface area contributed by atoms with Gasteiger partial charge in [0.1, 0.15) is 23.7 Å². The number of nitrogens with one attached hydrogen (secondary N) is 1. The number of rotatable bonds is 7. The zero-order valence-corrected chi connectivity index (χ0v) is 26.9. The first-order chi connectivity index (χ1) is 22.8. The highest BCUT2D eigenvalue weighted by Gasteiger charge is 2.72. The van der Waals surface area contributed by atoms with E-state index in [0.717, 1.165) is 12.8 Å². The molecule has 0 bridgehead atoms. The van der Waals surface area contributed by atoms with Crippen LogP contribution in [0.4, 0.5) is 0 Å². The van der Waals surface area contributed by atoms with Crippen LogP contribution in [0.3, 0.4) is 0 Å². The van der Waals surface area contributed by atoms with Gasteiger partial charge in [-0.3, -0.25) is 19.2 Å². The number of hydrogen-bond acceptors (Lipinski definition) is 7. The number of benzene rings is 2. The number of carbonyl (C=O) groups is 4. The number of hydrogen-bond donors (Lipinski definition) is 2. The molecule has 4 aliphatic rings. The van der Waals surface area contributed by atoms with Gasteiger partial charge < -0.3 is 29.7 Å². The highest BCUT2D eigenvalue weighted by Crippen LogP contribution is 2.55. The number of unbranched alkanes of at least 4 members (excludes halogenated alkanes) is 1. The van der Waals surface area contributed by atoms with Crippen molar-refractivity contribution in [3.05, 3.63) is 96.1 Å². The van der Waals surface area contributed by atoms with E-state index in [-0.39, 0.29) is 18.2 Å². The molecule has 6 rings (SSSR count). The maximum atomic E-state index is 14.9. The Kier molecular flexibility index (Phi) is 9.61. The van der Waals surface area contributed by atoms with E-state index in [1.54, 1.807) is 30.1 Å². The molecule has 10 nitrogen and oxygen atoms in total. The van der Waals surface area contributed by atoms with E-state index >= 15 is 0 Å². The van der Waals surface area contributed by atoms with E-state index in [9.17, 15) is 24.3 Å². The SMILES string of the molecule is CCCCN1CC=C[C@@]23O[C@H]4/C=C\CCC(=O)N[C@@H](C)[C@H](c5ccccc5)OC(=O)[C@H]4[C@@H]2C(=O)N([C@H](CO)c2ccccc2)[C@H]3C1=O. The van der Waals surface area contributed by atoms with Crippen molar-refractivity contribution in [1.82, 2.24) is 15.1 Å². The summed E-state index contributed by atoms with van der Waals surface area (Å²) in [7, 11) is 0. The number of ether oxygens (including phenoxy) is 2. The number of amides is 3. The Bertz CT molecular complexity index is 1530. The molecule has 2 N–H and O–H groups in total. The topological polar surface area (TPSA) is 125 Å². The van der Waals surface area contributed by atoms with Gasteiger partial charge in [0.25, 0.3) is 0 Å². The summed E-state index contributed by atoms with van der Waals surface area (Å²) in [4.78, 5) is 59.9. The fourth-order valence-electron chi connectivity index (χ4n) is 7.61. The number of nitrogens with zero attached hydrogens (tertiary/aromatic N) is 2. The number of fused-ring (bicyclic) bond motifs is 2. The number of aliphatic hydroxyl groups excluding tert-OH is 1. The number of carbonyl (C=O) groups excluding carboxylic acids is 4. The van der Waals surface area contributed by atoms with Crippen LogP contribution in [0.1, 0.15) is 62.8 Å². The van der Waals surface area contributed by atoms with Crippen molar-refractivity contribution in [2.75, 3.05) is 19.7 Å². The van der Waals surface area contributed by atoms with Crippen LogP contribution in [0, 0.1) is 11.8 Å². The van der Waals surface area contributed by atoms with E-state index < -0.39 is 66.3 Å². The van der Waals surface area contributed by atoms with Crippen molar-refractivity contribution < 1.29 is 33.8 Å². The van der Waals surface area contributed by atoms with Crippen molar-refractivity contribution in [2.24, 2.45) is 11.8 Å². The first-order valence-electron chi connectivity index (χ1n) is 16.6. The van der Waals surface area contributed by atoms with Gasteiger partial charge in [0, 0.05) is 19.5 Å². The number of aliphatic hydroxyl groups is 1. The maximum absolute atomic E-state index is 14.9. The predicted molar refractivity (Wildman–Crippen MR) is 173 cm³/mol. The lowest BCUT2D eigenvalue weighted by Gasteiger charge is -2.38. The quantitative estimate of drug-likeness (QED) is 0.350. The van der Waals surface area contributed by atoms with Gasteiger partial charge in [-0.1, -0.05) is 98.3 Å². The largest absolute Gasteiger partial charge is 0.455 e. The third-order valence-electron chi connectivity index (χ3n) is 9.84. The molecule has 0 unspecified atom stereocenters. The van der Waals surface area contributed by atoms with Crippen molar-refractivity contribution in [2.45, 2.75) is 75.5 Å². The fourth-order valence-corrected chi connectivity index (χ4v) is 7.61. The van der Waals surface area contributed by atoms with Crippen LogP contribution in [0.25, 0.3) is 0 Å². The van der Waals surface area contributed by atoms with E-state index in [2.05, 4.69) is 12.2 Å². The number of likely N-dealkylation sites (tertiary alicyclic amines) is 1. The van der Waals surface area contributed by atoms with Crippen LogP contribution in [-0.4, -0.2) is 82.1 Å². The van der Waals surface area contributed by atoms with E-state index in [4.69, 9.17) is 9.47 Å². The van der Waals surface area contributed by atoms with Crippen LogP contribution in [0.15, 0.2) is 85.0 Å². The van der Waals surface area contributed by atoms with E-state index in [1.807, 2.05) is 66.7 Å². The van der Waals surface area contributed by atoms with Crippen molar-refractivity contribution in [3.63, 3.8) is 0 Å². The first-order valence-corrected chi connectivity index (χ1v) is 16.6. The predicted octanol–water partition coefficient (Wildman–Crippen LogP) is 3.64. The molecule has 47 heavy (non-hydrogen) atoms. The monoisotopic (exact) mass is 641 g/mol. The zero-order valence-electron chi connectivity index (χ0n) is 26.9. The van der Waals surface area contributed by atoms with Crippen molar-refractivity contribution in [3.8, 4) is 0 Å². The molecule has 2 aromatic carbocycles. The summed E-state index contributed by atoms with van der Waals surface area (Å²) in [5, 5.41) is 13.7. The van der Waals surface area contributed by atoms with Crippen molar-refractivity contribution in [1.29, 1.82) is 0 Å². The molecule has 0 radical (unpaired) electrons. The van der Waals surface area contributed by atoms with Gasteiger partial charge in [-0.2, -0.15) is 0 Å². The van der Waals surface area contributed by atoms with Gasteiger partial charge in [-0.25, -0.2) is 0 Å². The van der Waals surface area contributed by atoms with E-state index in [0.29, 0.717) is 30.6 Å². The number of esters is 1. The minimum atomic E-state index is -1.49. The molecular formula is C37H43N3O7.